The van der Waals surface area contributed by atoms with Crippen molar-refractivity contribution in [3.63, 3.8) is 0 Å². The van der Waals surface area contributed by atoms with Crippen molar-refractivity contribution in [1.82, 2.24) is 5.16 Å². The number of phenolic OH excluding ortho intramolecular Hbond substituents is 1. The fourth-order valence-corrected chi connectivity index (χ4v) is 1.36. The Morgan fingerprint density at radius 1 is 1.44 bits per heavy atom. The van der Waals surface area contributed by atoms with Gasteiger partial charge in [-0.05, 0) is 12.1 Å². The van der Waals surface area contributed by atoms with Gasteiger partial charge in [0.2, 0.25) is 5.88 Å². The third kappa shape index (κ3) is 1.56. The number of aromatic nitrogens is 1. The summed E-state index contributed by atoms with van der Waals surface area (Å²) in [7, 11) is 0. The quantitative estimate of drug-likeness (QED) is 0.704. The number of benzene rings is 1. The van der Waals surface area contributed by atoms with Crippen molar-refractivity contribution >= 4 is 11.9 Å². The molecule has 4 N–H and O–H groups in total. The van der Waals surface area contributed by atoms with Gasteiger partial charge in [0.25, 0.3) is 0 Å². The Hall–Kier alpha value is -2.50. The third-order valence-electron chi connectivity index (χ3n) is 2.05. The van der Waals surface area contributed by atoms with Crippen LogP contribution >= 0.6 is 0 Å². The molecule has 1 aromatic heterocycles. The number of carboxylic acids is 1. The monoisotopic (exact) mass is 220 g/mol. The topological polar surface area (TPSA) is 110 Å². The van der Waals surface area contributed by atoms with Crippen LogP contribution in [0.5, 0.6) is 5.75 Å². The maximum absolute atomic E-state index is 10.9. The summed E-state index contributed by atoms with van der Waals surface area (Å²) in [5.41, 5.74) is 5.67. The molecule has 0 bridgehead atoms. The first-order chi connectivity index (χ1) is 7.59. The van der Waals surface area contributed by atoms with E-state index < -0.39 is 5.97 Å². The molecule has 16 heavy (non-hydrogen) atoms. The van der Waals surface area contributed by atoms with Crippen LogP contribution in [0.15, 0.2) is 28.8 Å². The number of nitrogens with two attached hydrogens (primary N) is 1. The number of aromatic hydroxyl groups is 1. The van der Waals surface area contributed by atoms with Gasteiger partial charge in [0.05, 0.1) is 0 Å². The zero-order valence-electron chi connectivity index (χ0n) is 8.04. The molecule has 0 radical (unpaired) electrons. The molecule has 6 heteroatoms. The van der Waals surface area contributed by atoms with E-state index in [4.69, 9.17) is 10.8 Å². The van der Waals surface area contributed by atoms with E-state index in [0.29, 0.717) is 5.56 Å². The number of nitrogens with zero attached hydrogens (tertiary/aromatic N) is 1. The van der Waals surface area contributed by atoms with Crippen molar-refractivity contribution in [1.29, 1.82) is 0 Å². The number of aromatic carboxylic acids is 1. The van der Waals surface area contributed by atoms with Gasteiger partial charge in [-0.3, -0.25) is 0 Å². The van der Waals surface area contributed by atoms with Crippen LogP contribution < -0.4 is 5.73 Å². The Morgan fingerprint density at radius 3 is 2.81 bits per heavy atom. The molecule has 2 aromatic rings. The van der Waals surface area contributed by atoms with Crippen LogP contribution in [0, 0.1) is 0 Å². The van der Waals surface area contributed by atoms with Crippen LogP contribution in [0.4, 0.5) is 5.88 Å². The summed E-state index contributed by atoms with van der Waals surface area (Å²) < 4.78 is 4.62. The van der Waals surface area contributed by atoms with Crippen molar-refractivity contribution in [3.8, 4) is 17.0 Å². The lowest BCUT2D eigenvalue weighted by Crippen LogP contribution is -2.00. The van der Waals surface area contributed by atoms with Crippen LogP contribution in [0.2, 0.25) is 0 Å². The maximum atomic E-state index is 10.9. The molecule has 82 valence electrons. The number of hydrogen-bond acceptors (Lipinski definition) is 5. The first kappa shape index (κ1) is 10.0. The second-order valence-corrected chi connectivity index (χ2v) is 3.13. The summed E-state index contributed by atoms with van der Waals surface area (Å²) in [5.74, 6) is -1.47. The fourth-order valence-electron chi connectivity index (χ4n) is 1.36. The van der Waals surface area contributed by atoms with Gasteiger partial charge in [-0.25, -0.2) is 4.79 Å². The highest BCUT2D eigenvalue weighted by Crippen LogP contribution is 2.28. The molecule has 0 fully saturated rings. The van der Waals surface area contributed by atoms with Crippen molar-refractivity contribution in [3.05, 3.63) is 29.8 Å². The lowest BCUT2D eigenvalue weighted by atomic mass is 10.1. The summed E-state index contributed by atoms with van der Waals surface area (Å²) in [6.07, 6.45) is 0. The lowest BCUT2D eigenvalue weighted by molar-refractivity contribution is 0.0698. The molecule has 0 unspecified atom stereocenters. The normalized spacial score (nSPS) is 10.2. The van der Waals surface area contributed by atoms with E-state index in [0.717, 1.165) is 0 Å². The highest BCUT2D eigenvalue weighted by atomic mass is 16.5. The van der Waals surface area contributed by atoms with Crippen molar-refractivity contribution in [2.45, 2.75) is 0 Å². The van der Waals surface area contributed by atoms with E-state index in [1.807, 2.05) is 0 Å². The van der Waals surface area contributed by atoms with Gasteiger partial charge in [-0.2, -0.15) is 0 Å². The minimum atomic E-state index is -1.22. The second kappa shape index (κ2) is 3.58. The van der Waals surface area contributed by atoms with Crippen LogP contribution in [0.3, 0.4) is 0 Å². The average Bonchev–Trinajstić information content (AvgIpc) is 2.60. The number of carboxylic acid groups (broad SMARTS) is 1. The zero-order chi connectivity index (χ0) is 11.7. The van der Waals surface area contributed by atoms with Crippen LogP contribution in [0.25, 0.3) is 11.3 Å². The molecule has 0 saturated carbocycles. The summed E-state index contributed by atoms with van der Waals surface area (Å²) in [5, 5.41) is 21.8. The van der Waals surface area contributed by atoms with Crippen molar-refractivity contribution in [2.75, 3.05) is 5.73 Å². The first-order valence-electron chi connectivity index (χ1n) is 4.37. The van der Waals surface area contributed by atoms with Gasteiger partial charge in [0.1, 0.15) is 11.4 Å². The van der Waals surface area contributed by atoms with Crippen molar-refractivity contribution < 1.29 is 19.5 Å². The van der Waals surface area contributed by atoms with E-state index in [-0.39, 0.29) is 22.9 Å². The molecular formula is C10H8N2O4. The van der Waals surface area contributed by atoms with E-state index >= 15 is 0 Å². The van der Waals surface area contributed by atoms with Gasteiger partial charge in [0, 0.05) is 5.56 Å². The largest absolute Gasteiger partial charge is 0.508 e. The molecule has 6 nitrogen and oxygen atoms in total. The third-order valence-corrected chi connectivity index (χ3v) is 2.05. The molecule has 0 aliphatic rings. The smallest absolute Gasteiger partial charge is 0.343 e. The van der Waals surface area contributed by atoms with E-state index in [2.05, 4.69) is 9.68 Å². The second-order valence-electron chi connectivity index (χ2n) is 3.13. The SMILES string of the molecule is Nc1onc(-c2cccc(O)c2)c1C(=O)O. The van der Waals surface area contributed by atoms with Crippen LogP contribution in [-0.4, -0.2) is 21.3 Å². The van der Waals surface area contributed by atoms with Gasteiger partial charge in [-0.1, -0.05) is 17.3 Å². The number of nitrogen functional groups attached to an aromatic ring is 1. The molecule has 0 spiro atoms. The van der Waals surface area contributed by atoms with E-state index in [1.165, 1.54) is 12.1 Å². The summed E-state index contributed by atoms with van der Waals surface area (Å²) in [6, 6.07) is 6.02. The molecule has 0 amide bonds. The number of hydrogen-bond donors (Lipinski definition) is 3. The van der Waals surface area contributed by atoms with E-state index in [1.54, 1.807) is 12.1 Å². The maximum Gasteiger partial charge on any atom is 0.343 e. The van der Waals surface area contributed by atoms with Gasteiger partial charge < -0.3 is 20.5 Å². The van der Waals surface area contributed by atoms with Crippen LogP contribution in [0.1, 0.15) is 10.4 Å². The fraction of sp³-hybridized carbons (Fsp3) is 0. The van der Waals surface area contributed by atoms with Crippen LogP contribution in [-0.2, 0) is 0 Å². The Labute approximate surface area is 89.9 Å². The first-order valence-corrected chi connectivity index (χ1v) is 4.37. The number of anilines is 1. The van der Waals surface area contributed by atoms with Crippen molar-refractivity contribution in [2.24, 2.45) is 0 Å². The molecule has 2 rings (SSSR count). The molecule has 0 atom stereocenters. The van der Waals surface area contributed by atoms with Gasteiger partial charge in [-0.15, -0.1) is 0 Å². The summed E-state index contributed by atoms with van der Waals surface area (Å²) in [4.78, 5) is 10.9. The van der Waals surface area contributed by atoms with Gasteiger partial charge in [0.15, 0.2) is 5.56 Å². The Kier molecular flexibility index (Phi) is 2.24. The standard InChI is InChI=1S/C10H8N2O4/c11-9-7(10(14)15)8(12-16-9)5-2-1-3-6(13)4-5/h1-4,13H,11H2,(H,14,15). The Morgan fingerprint density at radius 2 is 2.19 bits per heavy atom. The number of carbonyl (C=O) groups is 1. The Balaban J connectivity index is 2.60. The highest BCUT2D eigenvalue weighted by Gasteiger charge is 2.21. The molecule has 0 saturated heterocycles. The molecular weight excluding hydrogens is 212 g/mol. The Bertz CT molecular complexity index is 548. The highest BCUT2D eigenvalue weighted by molar-refractivity contribution is 5.99. The predicted octanol–water partition coefficient (Wildman–Crippen LogP) is 1.33. The molecule has 1 aromatic carbocycles. The summed E-state index contributed by atoms with van der Waals surface area (Å²) in [6.45, 7) is 0. The predicted molar refractivity (Wildman–Crippen MR) is 55.0 cm³/mol. The van der Waals surface area contributed by atoms with Gasteiger partial charge >= 0.3 is 5.97 Å². The number of phenols is 1. The lowest BCUT2D eigenvalue weighted by Gasteiger charge is -1.98. The van der Waals surface area contributed by atoms with E-state index in [9.17, 15) is 9.90 Å². The summed E-state index contributed by atoms with van der Waals surface area (Å²) >= 11 is 0. The molecule has 0 aliphatic carbocycles. The zero-order valence-corrected chi connectivity index (χ0v) is 8.04. The number of rotatable bonds is 2. The minimum absolute atomic E-state index is 0.00964. The average molecular weight is 220 g/mol. The minimum Gasteiger partial charge on any atom is -0.508 e. The molecule has 0 aliphatic heterocycles. The molecule has 1 heterocycles.